The predicted octanol–water partition coefficient (Wildman–Crippen LogP) is 4.03. The van der Waals surface area contributed by atoms with Crippen molar-refractivity contribution in [2.24, 2.45) is 5.73 Å². The molecule has 3 aromatic rings. The van der Waals surface area contributed by atoms with Crippen LogP contribution in [0.15, 0.2) is 48.5 Å². The summed E-state index contributed by atoms with van der Waals surface area (Å²) < 4.78 is 19.0. The molecule has 0 unspecified atom stereocenters. The van der Waals surface area contributed by atoms with E-state index in [4.69, 9.17) is 10.5 Å². The lowest BCUT2D eigenvalue weighted by Gasteiger charge is -2.33. The summed E-state index contributed by atoms with van der Waals surface area (Å²) in [6, 6.07) is 13.3. The zero-order chi connectivity index (χ0) is 22.7. The molecule has 7 heteroatoms. The maximum Gasteiger partial charge on any atom is 0.253 e. The van der Waals surface area contributed by atoms with Crippen LogP contribution in [-0.2, 0) is 11.3 Å². The molecule has 166 valence electrons. The van der Waals surface area contributed by atoms with E-state index < -0.39 is 11.7 Å². The molecule has 32 heavy (non-hydrogen) atoms. The number of carbonyl (C=O) groups excluding carboxylic acids is 2. The second-order valence-corrected chi connectivity index (χ2v) is 8.05. The third kappa shape index (κ3) is 4.62. The molecule has 0 radical (unpaired) electrons. The van der Waals surface area contributed by atoms with Crippen molar-refractivity contribution >= 4 is 22.7 Å². The molecular formula is C25H26FN3O3. The van der Waals surface area contributed by atoms with Crippen molar-refractivity contribution in [1.29, 1.82) is 0 Å². The first-order chi connectivity index (χ1) is 15.5. The lowest BCUT2D eigenvalue weighted by molar-refractivity contribution is 0.0705. The van der Waals surface area contributed by atoms with E-state index in [9.17, 15) is 14.0 Å². The number of piperidine rings is 1. The van der Waals surface area contributed by atoms with Gasteiger partial charge in [-0.15, -0.1) is 0 Å². The maximum atomic E-state index is 13.6. The quantitative estimate of drug-likeness (QED) is 0.634. The first-order valence-corrected chi connectivity index (χ1v) is 10.8. The highest BCUT2D eigenvalue weighted by Crippen LogP contribution is 2.31. The number of benzene rings is 2. The summed E-state index contributed by atoms with van der Waals surface area (Å²) in [7, 11) is 0. The predicted molar refractivity (Wildman–Crippen MR) is 120 cm³/mol. The Balaban J connectivity index is 1.58. The van der Waals surface area contributed by atoms with Crippen molar-refractivity contribution in [3.05, 3.63) is 76.7 Å². The van der Waals surface area contributed by atoms with E-state index >= 15 is 0 Å². The van der Waals surface area contributed by atoms with Crippen LogP contribution in [0.4, 0.5) is 4.39 Å². The van der Waals surface area contributed by atoms with Gasteiger partial charge in [0, 0.05) is 36.6 Å². The average Bonchev–Trinajstić information content (AvgIpc) is 2.81. The number of nitrogens with two attached hydrogens (primary N) is 1. The second kappa shape index (κ2) is 9.44. The fourth-order valence-electron chi connectivity index (χ4n) is 4.20. The summed E-state index contributed by atoms with van der Waals surface area (Å²) in [5.74, 6) is -1.18. The number of hydrogen-bond acceptors (Lipinski definition) is 4. The number of hydrogen-bond donors (Lipinski definition) is 1. The molecule has 0 bridgehead atoms. The SMILES string of the molecule is CCOCc1ccc(C(=O)N2CCC[C@H](c3nc4ccc(F)cc4cc3C(N)=O)C2)cc1. The van der Waals surface area contributed by atoms with Gasteiger partial charge < -0.3 is 15.4 Å². The standard InChI is InChI=1S/C25H26FN3O3/c1-2-32-15-16-5-7-17(8-6-16)25(31)29-11-3-4-18(14-29)23-21(24(27)30)13-19-12-20(26)9-10-22(19)28-23/h5-10,12-13,18H,2-4,11,14-15H2,1H3,(H2,27,30)/t18-/m0/s1. The van der Waals surface area contributed by atoms with Crippen LogP contribution in [-0.4, -0.2) is 41.4 Å². The van der Waals surface area contributed by atoms with Crippen LogP contribution in [0.25, 0.3) is 10.9 Å². The van der Waals surface area contributed by atoms with Gasteiger partial charge in [0.1, 0.15) is 5.82 Å². The highest BCUT2D eigenvalue weighted by Gasteiger charge is 2.29. The van der Waals surface area contributed by atoms with Crippen molar-refractivity contribution in [2.75, 3.05) is 19.7 Å². The third-order valence-electron chi connectivity index (χ3n) is 5.84. The first-order valence-electron chi connectivity index (χ1n) is 10.8. The molecule has 1 aliphatic heterocycles. The maximum absolute atomic E-state index is 13.6. The highest BCUT2D eigenvalue weighted by molar-refractivity contribution is 5.98. The van der Waals surface area contributed by atoms with E-state index in [0.717, 1.165) is 18.4 Å². The van der Waals surface area contributed by atoms with Gasteiger partial charge in [0.05, 0.1) is 23.4 Å². The Morgan fingerprint density at radius 1 is 1.19 bits per heavy atom. The largest absolute Gasteiger partial charge is 0.377 e. The summed E-state index contributed by atoms with van der Waals surface area (Å²) >= 11 is 0. The van der Waals surface area contributed by atoms with Crippen molar-refractivity contribution in [3.8, 4) is 0 Å². The minimum absolute atomic E-state index is 0.0545. The Morgan fingerprint density at radius 2 is 1.97 bits per heavy atom. The molecule has 0 aliphatic carbocycles. The summed E-state index contributed by atoms with van der Waals surface area (Å²) in [4.78, 5) is 31.7. The Morgan fingerprint density at radius 3 is 2.69 bits per heavy atom. The van der Waals surface area contributed by atoms with Crippen LogP contribution >= 0.6 is 0 Å². The van der Waals surface area contributed by atoms with Gasteiger partial charge in [-0.3, -0.25) is 14.6 Å². The van der Waals surface area contributed by atoms with E-state index in [-0.39, 0.29) is 17.4 Å². The lowest BCUT2D eigenvalue weighted by atomic mass is 9.90. The number of primary amides is 1. The molecule has 1 saturated heterocycles. The molecule has 1 aliphatic rings. The van der Waals surface area contributed by atoms with Gasteiger partial charge in [0.15, 0.2) is 0 Å². The van der Waals surface area contributed by atoms with Gasteiger partial charge in [0.2, 0.25) is 0 Å². The van der Waals surface area contributed by atoms with Gasteiger partial charge in [-0.05, 0) is 61.7 Å². The minimum Gasteiger partial charge on any atom is -0.377 e. The number of nitrogens with zero attached hydrogens (tertiary/aromatic N) is 2. The van der Waals surface area contributed by atoms with Crippen LogP contribution in [0.1, 0.15) is 57.7 Å². The molecule has 0 saturated carbocycles. The fourth-order valence-corrected chi connectivity index (χ4v) is 4.20. The molecule has 2 amide bonds. The van der Waals surface area contributed by atoms with Crippen molar-refractivity contribution < 1.29 is 18.7 Å². The van der Waals surface area contributed by atoms with Crippen molar-refractivity contribution in [2.45, 2.75) is 32.3 Å². The number of ether oxygens (including phenoxy) is 1. The van der Waals surface area contributed by atoms with Crippen LogP contribution in [0.5, 0.6) is 0 Å². The molecule has 2 aromatic carbocycles. The molecular weight excluding hydrogens is 409 g/mol. The van der Waals surface area contributed by atoms with Crippen molar-refractivity contribution in [1.82, 2.24) is 9.88 Å². The van der Waals surface area contributed by atoms with Gasteiger partial charge in [-0.2, -0.15) is 0 Å². The number of aromatic nitrogens is 1. The van der Waals surface area contributed by atoms with Crippen LogP contribution in [0, 0.1) is 5.82 Å². The lowest BCUT2D eigenvalue weighted by Crippen LogP contribution is -2.39. The Kier molecular flexibility index (Phi) is 6.46. The zero-order valence-corrected chi connectivity index (χ0v) is 18.0. The summed E-state index contributed by atoms with van der Waals surface area (Å²) in [6.45, 7) is 4.18. The van der Waals surface area contributed by atoms with E-state index in [1.807, 2.05) is 31.2 Å². The zero-order valence-electron chi connectivity index (χ0n) is 18.0. The molecule has 1 aromatic heterocycles. The monoisotopic (exact) mass is 435 g/mol. The fraction of sp³-hybridized carbons (Fsp3) is 0.320. The summed E-state index contributed by atoms with van der Waals surface area (Å²) in [5.41, 5.74) is 8.70. The Hall–Kier alpha value is -3.32. The van der Waals surface area contributed by atoms with Gasteiger partial charge >= 0.3 is 0 Å². The third-order valence-corrected chi connectivity index (χ3v) is 5.84. The van der Waals surface area contributed by atoms with Crippen LogP contribution < -0.4 is 5.73 Å². The molecule has 1 atom stereocenters. The number of halogens is 1. The smallest absolute Gasteiger partial charge is 0.253 e. The van der Waals surface area contributed by atoms with Crippen LogP contribution in [0.3, 0.4) is 0 Å². The highest BCUT2D eigenvalue weighted by atomic mass is 19.1. The van der Waals surface area contributed by atoms with E-state index in [1.165, 1.54) is 12.1 Å². The van der Waals surface area contributed by atoms with E-state index in [0.29, 0.717) is 48.5 Å². The van der Waals surface area contributed by atoms with Gasteiger partial charge in [0.25, 0.3) is 11.8 Å². The molecule has 1 fully saturated rings. The molecule has 6 nitrogen and oxygen atoms in total. The molecule has 2 N–H and O–H groups in total. The van der Waals surface area contributed by atoms with Gasteiger partial charge in [-0.25, -0.2) is 4.39 Å². The van der Waals surface area contributed by atoms with E-state index in [2.05, 4.69) is 4.98 Å². The number of carbonyl (C=O) groups is 2. The summed E-state index contributed by atoms with van der Waals surface area (Å²) in [5, 5.41) is 0.526. The Bertz CT molecular complexity index is 1150. The number of rotatable bonds is 6. The minimum atomic E-state index is -0.605. The van der Waals surface area contributed by atoms with E-state index in [1.54, 1.807) is 17.0 Å². The number of fused-ring (bicyclic) bond motifs is 1. The molecule has 2 heterocycles. The number of pyridine rings is 1. The molecule has 4 rings (SSSR count). The second-order valence-electron chi connectivity index (χ2n) is 8.05. The van der Waals surface area contributed by atoms with Gasteiger partial charge in [-0.1, -0.05) is 12.1 Å². The molecule has 0 spiro atoms. The average molecular weight is 435 g/mol. The summed E-state index contributed by atoms with van der Waals surface area (Å²) in [6.07, 6.45) is 1.58. The Labute approximate surface area is 186 Å². The van der Waals surface area contributed by atoms with Crippen molar-refractivity contribution in [3.63, 3.8) is 0 Å². The number of likely N-dealkylation sites (tertiary alicyclic amines) is 1. The number of amides is 2. The normalized spacial score (nSPS) is 16.3. The topological polar surface area (TPSA) is 85.5 Å². The van der Waals surface area contributed by atoms with Crippen LogP contribution in [0.2, 0.25) is 0 Å². The first kappa shape index (κ1) is 21.9.